The number of fused-ring (bicyclic) bond motifs is 1. The van der Waals surface area contributed by atoms with Gasteiger partial charge in [-0.2, -0.15) is 0 Å². The van der Waals surface area contributed by atoms with Gasteiger partial charge in [0.15, 0.2) is 0 Å². The lowest BCUT2D eigenvalue weighted by Gasteiger charge is -2.34. The number of esters is 1. The molecule has 0 saturated carbocycles. The van der Waals surface area contributed by atoms with Gasteiger partial charge in [-0.25, -0.2) is 9.48 Å². The van der Waals surface area contributed by atoms with Crippen LogP contribution in [0.2, 0.25) is 0 Å². The van der Waals surface area contributed by atoms with Gasteiger partial charge in [-0.05, 0) is 74.4 Å². The van der Waals surface area contributed by atoms with Crippen molar-refractivity contribution in [1.29, 1.82) is 0 Å². The molecule has 40 heavy (non-hydrogen) atoms. The highest BCUT2D eigenvalue weighted by molar-refractivity contribution is 6.02. The lowest BCUT2D eigenvalue weighted by Crippen LogP contribution is -2.51. The normalized spacial score (nSPS) is 12.0. The van der Waals surface area contributed by atoms with Crippen molar-refractivity contribution in [3.8, 4) is 5.75 Å². The van der Waals surface area contributed by atoms with Crippen molar-refractivity contribution in [2.75, 3.05) is 19.1 Å². The zero-order valence-electron chi connectivity index (χ0n) is 23.2. The average Bonchev–Trinajstić information content (AvgIpc) is 3.37. The Morgan fingerprint density at radius 2 is 1.65 bits per heavy atom. The molecular weight excluding hydrogens is 510 g/mol. The van der Waals surface area contributed by atoms with E-state index in [0.29, 0.717) is 40.0 Å². The van der Waals surface area contributed by atoms with Gasteiger partial charge in [-0.15, -0.1) is 5.10 Å². The van der Waals surface area contributed by atoms with Gasteiger partial charge in [-0.1, -0.05) is 36.4 Å². The van der Waals surface area contributed by atoms with Crippen LogP contribution >= 0.6 is 0 Å². The molecule has 2 amide bonds. The molecule has 1 unspecified atom stereocenters. The second-order valence-electron chi connectivity index (χ2n) is 9.94. The minimum absolute atomic E-state index is 0.170. The zero-order chi connectivity index (χ0) is 28.9. The SMILES string of the molecule is CCC(C)(C)NC(=O)C(c1ccc(OC)cc1)N(C(=O)Cn1nnc2ccccc21)c1ccc(C(=O)OC)cc1. The van der Waals surface area contributed by atoms with E-state index in [1.165, 1.54) is 16.7 Å². The second kappa shape index (κ2) is 12.0. The summed E-state index contributed by atoms with van der Waals surface area (Å²) in [5.41, 5.74) is 2.14. The highest BCUT2D eigenvalue weighted by atomic mass is 16.5. The van der Waals surface area contributed by atoms with E-state index in [2.05, 4.69) is 15.6 Å². The summed E-state index contributed by atoms with van der Waals surface area (Å²) >= 11 is 0. The van der Waals surface area contributed by atoms with Crippen molar-refractivity contribution in [2.45, 2.75) is 45.3 Å². The summed E-state index contributed by atoms with van der Waals surface area (Å²) in [7, 11) is 2.86. The third-order valence-electron chi connectivity index (χ3n) is 6.82. The van der Waals surface area contributed by atoms with Crippen LogP contribution in [-0.4, -0.2) is 52.5 Å². The molecule has 1 N–H and O–H groups in total. The van der Waals surface area contributed by atoms with Crippen molar-refractivity contribution < 1.29 is 23.9 Å². The molecule has 0 radical (unpaired) electrons. The van der Waals surface area contributed by atoms with E-state index in [1.54, 1.807) is 55.6 Å². The maximum atomic E-state index is 14.1. The number of rotatable bonds is 10. The Balaban J connectivity index is 1.83. The Hall–Kier alpha value is -4.73. The van der Waals surface area contributed by atoms with Crippen molar-refractivity contribution in [3.63, 3.8) is 0 Å². The number of methoxy groups -OCH3 is 2. The fraction of sp³-hybridized carbons (Fsp3) is 0.300. The van der Waals surface area contributed by atoms with Gasteiger partial charge in [0.05, 0.1) is 25.3 Å². The van der Waals surface area contributed by atoms with Crippen LogP contribution in [0.25, 0.3) is 11.0 Å². The molecule has 0 spiro atoms. The van der Waals surface area contributed by atoms with Gasteiger partial charge in [0.1, 0.15) is 23.9 Å². The van der Waals surface area contributed by atoms with Gasteiger partial charge in [0.25, 0.3) is 0 Å². The Morgan fingerprint density at radius 1 is 0.975 bits per heavy atom. The minimum atomic E-state index is -1.04. The first-order valence-electron chi connectivity index (χ1n) is 12.9. The van der Waals surface area contributed by atoms with Crippen molar-refractivity contribution in [2.24, 2.45) is 0 Å². The quantitative estimate of drug-likeness (QED) is 0.297. The van der Waals surface area contributed by atoms with Gasteiger partial charge >= 0.3 is 5.97 Å². The van der Waals surface area contributed by atoms with E-state index in [0.717, 1.165) is 0 Å². The van der Waals surface area contributed by atoms with Gasteiger partial charge < -0.3 is 14.8 Å². The Labute approximate surface area is 232 Å². The highest BCUT2D eigenvalue weighted by Crippen LogP contribution is 2.31. The van der Waals surface area contributed by atoms with Crippen LogP contribution in [0.1, 0.15) is 49.2 Å². The second-order valence-corrected chi connectivity index (χ2v) is 9.94. The van der Waals surface area contributed by atoms with Crippen molar-refractivity contribution in [1.82, 2.24) is 20.3 Å². The Bertz CT molecular complexity index is 1500. The summed E-state index contributed by atoms with van der Waals surface area (Å²) in [4.78, 5) is 41.6. The molecule has 1 aromatic heterocycles. The molecule has 0 aliphatic heterocycles. The number of nitrogens with zero attached hydrogens (tertiary/aromatic N) is 4. The molecule has 1 atom stereocenters. The van der Waals surface area contributed by atoms with Crippen LogP contribution in [-0.2, 0) is 20.9 Å². The summed E-state index contributed by atoms with van der Waals surface area (Å²) in [6.07, 6.45) is 0.681. The van der Waals surface area contributed by atoms with Crippen LogP contribution in [0.15, 0.2) is 72.8 Å². The number of amides is 2. The first kappa shape index (κ1) is 28.3. The average molecular weight is 544 g/mol. The maximum absolute atomic E-state index is 14.1. The largest absolute Gasteiger partial charge is 0.497 e. The molecule has 10 heteroatoms. The molecule has 1 heterocycles. The van der Waals surface area contributed by atoms with E-state index >= 15 is 0 Å². The lowest BCUT2D eigenvalue weighted by atomic mass is 9.98. The van der Waals surface area contributed by atoms with E-state index in [4.69, 9.17) is 9.47 Å². The first-order chi connectivity index (χ1) is 19.2. The first-order valence-corrected chi connectivity index (χ1v) is 12.9. The van der Waals surface area contributed by atoms with Gasteiger partial charge in [0.2, 0.25) is 11.8 Å². The molecule has 208 valence electrons. The molecule has 10 nitrogen and oxygen atoms in total. The van der Waals surface area contributed by atoms with Crippen LogP contribution < -0.4 is 15.0 Å². The van der Waals surface area contributed by atoms with E-state index in [1.807, 2.05) is 45.0 Å². The van der Waals surface area contributed by atoms with Crippen LogP contribution in [0, 0.1) is 0 Å². The van der Waals surface area contributed by atoms with Gasteiger partial charge in [-0.3, -0.25) is 14.5 Å². The molecular formula is C30H33N5O5. The summed E-state index contributed by atoms with van der Waals surface area (Å²) < 4.78 is 11.6. The molecule has 0 aliphatic carbocycles. The van der Waals surface area contributed by atoms with E-state index in [9.17, 15) is 14.4 Å². The molecule has 4 rings (SSSR count). The number of ether oxygens (including phenoxy) is 2. The molecule has 0 bridgehead atoms. The topological polar surface area (TPSA) is 116 Å². The van der Waals surface area contributed by atoms with Crippen LogP contribution in [0.3, 0.4) is 0 Å². The summed E-state index contributed by atoms with van der Waals surface area (Å²) in [6.45, 7) is 5.66. The van der Waals surface area contributed by atoms with Gasteiger partial charge in [0, 0.05) is 11.2 Å². The van der Waals surface area contributed by atoms with Crippen molar-refractivity contribution in [3.05, 3.63) is 83.9 Å². The number of carbonyl (C=O) groups excluding carboxylic acids is 3. The smallest absolute Gasteiger partial charge is 0.337 e. The predicted octanol–water partition coefficient (Wildman–Crippen LogP) is 4.31. The molecule has 3 aromatic carbocycles. The Kier molecular flexibility index (Phi) is 8.47. The monoisotopic (exact) mass is 543 g/mol. The minimum Gasteiger partial charge on any atom is -0.497 e. The number of benzene rings is 3. The Morgan fingerprint density at radius 3 is 2.27 bits per heavy atom. The molecule has 4 aromatic rings. The van der Waals surface area contributed by atoms with Crippen LogP contribution in [0.5, 0.6) is 5.75 Å². The number of para-hydroxylation sites is 1. The summed E-state index contributed by atoms with van der Waals surface area (Å²) in [5.74, 6) is -0.642. The third kappa shape index (κ3) is 6.12. The number of carbonyl (C=O) groups is 3. The van der Waals surface area contributed by atoms with Crippen LogP contribution in [0.4, 0.5) is 5.69 Å². The fourth-order valence-corrected chi connectivity index (χ4v) is 4.25. The molecule has 0 fully saturated rings. The summed E-state index contributed by atoms with van der Waals surface area (Å²) in [6, 6.07) is 19.7. The zero-order valence-corrected chi connectivity index (χ0v) is 23.2. The van der Waals surface area contributed by atoms with E-state index < -0.39 is 23.5 Å². The maximum Gasteiger partial charge on any atom is 0.337 e. The number of hydrogen-bond acceptors (Lipinski definition) is 7. The number of nitrogens with one attached hydrogen (secondary N) is 1. The third-order valence-corrected chi connectivity index (χ3v) is 6.82. The number of aromatic nitrogens is 3. The molecule has 0 aliphatic rings. The highest BCUT2D eigenvalue weighted by Gasteiger charge is 2.35. The van der Waals surface area contributed by atoms with E-state index in [-0.39, 0.29) is 12.5 Å². The molecule has 0 saturated heterocycles. The predicted molar refractivity (Wildman–Crippen MR) is 151 cm³/mol. The standard InChI is InChI=1S/C30H33N5O5/c1-6-30(2,3)31-28(37)27(20-13-17-23(39-4)18-14-20)35(22-15-11-21(12-16-22)29(38)40-5)26(36)19-34-25-10-8-7-9-24(25)32-33-34/h7-18,27H,6,19H2,1-5H3,(H,31,37). The fourth-order valence-electron chi connectivity index (χ4n) is 4.25. The number of hydrogen-bond donors (Lipinski definition) is 1. The number of anilines is 1. The summed E-state index contributed by atoms with van der Waals surface area (Å²) in [5, 5.41) is 11.4. The lowest BCUT2D eigenvalue weighted by molar-refractivity contribution is -0.128. The van der Waals surface area contributed by atoms with Crippen molar-refractivity contribution >= 4 is 34.5 Å².